The molecular formula is C18H15ClO3S. The monoisotopic (exact) mass is 346 g/mol. The molecular weight excluding hydrogens is 332 g/mol. The Labute approximate surface area is 144 Å². The third-order valence-electron chi connectivity index (χ3n) is 3.15. The first-order valence-electron chi connectivity index (χ1n) is 6.94. The van der Waals surface area contributed by atoms with Crippen LogP contribution < -0.4 is 0 Å². The third-order valence-corrected chi connectivity index (χ3v) is 4.54. The molecule has 0 aromatic heterocycles. The number of hydrogen-bond donors (Lipinski definition) is 1. The molecule has 5 heteroatoms. The van der Waals surface area contributed by atoms with Crippen LogP contribution in [-0.4, -0.2) is 16.2 Å². The molecule has 0 bridgehead atoms. The van der Waals surface area contributed by atoms with E-state index in [4.69, 9.17) is 11.6 Å². The van der Waals surface area contributed by atoms with Crippen molar-refractivity contribution >= 4 is 34.4 Å². The van der Waals surface area contributed by atoms with Crippen LogP contribution in [0.2, 0.25) is 5.02 Å². The summed E-state index contributed by atoms with van der Waals surface area (Å²) in [5.41, 5.74) is 2.31. The SMILES string of the molecule is CC=CC(=O)SC(C(=O)O)c1ccc(-c2ccccc2)cc1Cl. The Morgan fingerprint density at radius 2 is 1.83 bits per heavy atom. The minimum absolute atomic E-state index is 0.317. The topological polar surface area (TPSA) is 54.4 Å². The predicted octanol–water partition coefficient (Wildman–Crippen LogP) is 4.97. The second-order valence-corrected chi connectivity index (χ2v) is 6.27. The van der Waals surface area contributed by atoms with Crippen LogP contribution in [0.3, 0.4) is 0 Å². The van der Waals surface area contributed by atoms with Crippen LogP contribution in [0, 0.1) is 0 Å². The van der Waals surface area contributed by atoms with Gasteiger partial charge in [-0.05, 0) is 35.8 Å². The van der Waals surface area contributed by atoms with Gasteiger partial charge in [0.2, 0.25) is 5.12 Å². The molecule has 0 spiro atoms. The molecule has 1 N–H and O–H groups in total. The summed E-state index contributed by atoms with van der Waals surface area (Å²) in [5, 5.41) is 8.38. The number of rotatable bonds is 5. The number of benzene rings is 2. The van der Waals surface area contributed by atoms with Gasteiger partial charge in [0.25, 0.3) is 0 Å². The summed E-state index contributed by atoms with van der Waals surface area (Å²) in [6, 6.07) is 14.9. The van der Waals surface area contributed by atoms with Crippen molar-refractivity contribution in [2.24, 2.45) is 0 Å². The highest BCUT2D eigenvalue weighted by molar-refractivity contribution is 8.14. The predicted molar refractivity (Wildman–Crippen MR) is 94.7 cm³/mol. The van der Waals surface area contributed by atoms with Crippen LogP contribution >= 0.6 is 23.4 Å². The molecule has 2 aromatic rings. The Morgan fingerprint density at radius 3 is 2.39 bits per heavy atom. The smallest absolute Gasteiger partial charge is 0.321 e. The average Bonchev–Trinajstić information content (AvgIpc) is 2.54. The zero-order chi connectivity index (χ0) is 16.8. The normalized spacial score (nSPS) is 12.3. The van der Waals surface area contributed by atoms with Crippen LogP contribution in [-0.2, 0) is 9.59 Å². The zero-order valence-corrected chi connectivity index (χ0v) is 14.0. The molecule has 0 amide bonds. The first-order valence-corrected chi connectivity index (χ1v) is 8.19. The molecule has 2 aromatic carbocycles. The maximum absolute atomic E-state index is 11.7. The molecule has 0 heterocycles. The van der Waals surface area contributed by atoms with Crippen molar-refractivity contribution in [2.45, 2.75) is 12.2 Å². The summed E-state index contributed by atoms with van der Waals surface area (Å²) < 4.78 is 0. The molecule has 2 rings (SSSR count). The quantitative estimate of drug-likeness (QED) is 0.777. The number of halogens is 1. The van der Waals surface area contributed by atoms with E-state index in [1.165, 1.54) is 6.08 Å². The maximum Gasteiger partial charge on any atom is 0.321 e. The van der Waals surface area contributed by atoms with Crippen LogP contribution in [0.25, 0.3) is 11.1 Å². The van der Waals surface area contributed by atoms with E-state index >= 15 is 0 Å². The number of carbonyl (C=O) groups is 2. The highest BCUT2D eigenvalue weighted by atomic mass is 35.5. The fourth-order valence-electron chi connectivity index (χ4n) is 2.09. The number of carbonyl (C=O) groups excluding carboxylic acids is 1. The van der Waals surface area contributed by atoms with Crippen molar-refractivity contribution < 1.29 is 14.7 Å². The number of thioether (sulfide) groups is 1. The lowest BCUT2D eigenvalue weighted by Crippen LogP contribution is -2.10. The Bertz CT molecular complexity index is 741. The highest BCUT2D eigenvalue weighted by Gasteiger charge is 2.25. The van der Waals surface area contributed by atoms with Crippen LogP contribution in [0.15, 0.2) is 60.7 Å². The number of hydrogen-bond acceptors (Lipinski definition) is 3. The van der Waals surface area contributed by atoms with E-state index in [1.807, 2.05) is 36.4 Å². The number of aliphatic carboxylic acids is 1. The van der Waals surface area contributed by atoms with Gasteiger partial charge in [-0.25, -0.2) is 0 Å². The summed E-state index contributed by atoms with van der Waals surface area (Å²) in [5.74, 6) is -1.10. The van der Waals surface area contributed by atoms with Gasteiger partial charge in [-0.15, -0.1) is 0 Å². The zero-order valence-electron chi connectivity index (χ0n) is 12.4. The average molecular weight is 347 g/mol. The summed E-state index contributed by atoms with van der Waals surface area (Å²) in [6.07, 6.45) is 2.92. The second kappa shape index (κ2) is 7.99. The van der Waals surface area contributed by atoms with E-state index in [0.717, 1.165) is 22.9 Å². The Hall–Kier alpha value is -2.04. The van der Waals surface area contributed by atoms with Crippen molar-refractivity contribution in [1.29, 1.82) is 0 Å². The summed E-state index contributed by atoms with van der Waals surface area (Å²) in [4.78, 5) is 23.2. The number of carboxylic acid groups (broad SMARTS) is 1. The number of carboxylic acids is 1. The standard InChI is InChI=1S/C18H15ClO3S/c1-2-6-16(20)23-17(18(21)22)14-10-9-13(11-15(14)19)12-7-4-3-5-8-12/h2-11,17H,1H3,(H,21,22). The van der Waals surface area contributed by atoms with Crippen LogP contribution in [0.1, 0.15) is 17.7 Å². The molecule has 23 heavy (non-hydrogen) atoms. The fourth-order valence-corrected chi connectivity index (χ4v) is 3.32. The maximum atomic E-state index is 11.7. The van der Waals surface area contributed by atoms with Gasteiger partial charge >= 0.3 is 5.97 Å². The molecule has 0 saturated carbocycles. The summed E-state index contributed by atoms with van der Waals surface area (Å²) >= 11 is 7.01. The highest BCUT2D eigenvalue weighted by Crippen LogP contribution is 2.36. The molecule has 0 radical (unpaired) electrons. The molecule has 0 aliphatic carbocycles. The van der Waals surface area contributed by atoms with Crippen molar-refractivity contribution in [3.05, 3.63) is 71.3 Å². The lowest BCUT2D eigenvalue weighted by molar-refractivity contribution is -0.136. The van der Waals surface area contributed by atoms with Gasteiger partial charge in [0.1, 0.15) is 5.25 Å². The van der Waals surface area contributed by atoms with E-state index < -0.39 is 11.2 Å². The van der Waals surface area contributed by atoms with Crippen molar-refractivity contribution in [3.8, 4) is 11.1 Å². The van der Waals surface area contributed by atoms with E-state index in [2.05, 4.69) is 0 Å². The van der Waals surface area contributed by atoms with E-state index in [0.29, 0.717) is 10.6 Å². The molecule has 3 nitrogen and oxygen atoms in total. The van der Waals surface area contributed by atoms with Crippen molar-refractivity contribution in [3.63, 3.8) is 0 Å². The minimum Gasteiger partial charge on any atom is -0.480 e. The van der Waals surface area contributed by atoms with Crippen molar-refractivity contribution in [1.82, 2.24) is 0 Å². The van der Waals surface area contributed by atoms with Gasteiger partial charge in [0, 0.05) is 5.02 Å². The molecule has 118 valence electrons. The first-order chi connectivity index (χ1) is 11.0. The largest absolute Gasteiger partial charge is 0.480 e. The fraction of sp³-hybridized carbons (Fsp3) is 0.111. The van der Waals surface area contributed by atoms with Crippen molar-refractivity contribution in [2.75, 3.05) is 0 Å². The third kappa shape index (κ3) is 4.47. The summed E-state index contributed by atoms with van der Waals surface area (Å²) in [7, 11) is 0. The van der Waals surface area contributed by atoms with E-state index in [9.17, 15) is 14.7 Å². The lowest BCUT2D eigenvalue weighted by atomic mass is 10.0. The Balaban J connectivity index is 2.34. The van der Waals surface area contributed by atoms with Gasteiger partial charge in [0.05, 0.1) is 0 Å². The van der Waals surface area contributed by atoms with Gasteiger partial charge in [-0.3, -0.25) is 9.59 Å². The van der Waals surface area contributed by atoms with E-state index in [1.54, 1.807) is 25.1 Å². The van der Waals surface area contributed by atoms with Gasteiger partial charge in [0.15, 0.2) is 0 Å². The molecule has 0 fully saturated rings. The molecule has 1 unspecified atom stereocenters. The molecule has 1 atom stereocenters. The number of allylic oxidation sites excluding steroid dienone is 1. The van der Waals surface area contributed by atoms with Crippen LogP contribution in [0.5, 0.6) is 0 Å². The van der Waals surface area contributed by atoms with Crippen LogP contribution in [0.4, 0.5) is 0 Å². The minimum atomic E-state index is -1.10. The Kier molecular flexibility index (Phi) is 6.02. The first kappa shape index (κ1) is 17.3. The second-order valence-electron chi connectivity index (χ2n) is 4.76. The van der Waals surface area contributed by atoms with Gasteiger partial charge < -0.3 is 5.11 Å². The molecule has 0 aliphatic heterocycles. The summed E-state index contributed by atoms with van der Waals surface area (Å²) in [6.45, 7) is 1.70. The van der Waals surface area contributed by atoms with Gasteiger partial charge in [-0.2, -0.15) is 0 Å². The Morgan fingerprint density at radius 1 is 1.13 bits per heavy atom. The lowest BCUT2D eigenvalue weighted by Gasteiger charge is -2.13. The molecule has 0 aliphatic rings. The molecule has 0 saturated heterocycles. The van der Waals surface area contributed by atoms with E-state index in [-0.39, 0.29) is 5.12 Å². The van der Waals surface area contributed by atoms with Gasteiger partial charge in [-0.1, -0.05) is 71.9 Å².